The predicted octanol–water partition coefficient (Wildman–Crippen LogP) is 5.99. The third-order valence-corrected chi connectivity index (χ3v) is 4.32. The maximum absolute atomic E-state index is 13.3. The molecule has 0 saturated carbocycles. The Morgan fingerprint density at radius 1 is 0.778 bits per heavy atom. The van der Waals surface area contributed by atoms with Crippen molar-refractivity contribution in [1.82, 2.24) is 0 Å². The molecule has 0 spiro atoms. The number of ether oxygens (including phenoxy) is 2. The Labute approximate surface area is 151 Å². The average molecular weight is 418 g/mol. The van der Waals surface area contributed by atoms with Crippen LogP contribution in [0.4, 0.5) is 39.5 Å². The molecule has 0 N–H and O–H groups in total. The lowest BCUT2D eigenvalue weighted by molar-refractivity contribution is -0.396. The van der Waals surface area contributed by atoms with Crippen LogP contribution in [0.5, 0.6) is 0 Å². The molecule has 1 aliphatic rings. The monoisotopic (exact) mass is 418 g/mol. The van der Waals surface area contributed by atoms with Crippen molar-refractivity contribution < 1.29 is 49.0 Å². The van der Waals surface area contributed by atoms with Gasteiger partial charge in [0.25, 0.3) is 0 Å². The first kappa shape index (κ1) is 24.3. The number of hydrogen-bond donors (Lipinski definition) is 0. The highest BCUT2D eigenvalue weighted by molar-refractivity contribution is 5.00. The second-order valence-electron chi connectivity index (χ2n) is 6.58. The highest BCUT2D eigenvalue weighted by atomic mass is 19.4. The van der Waals surface area contributed by atoms with E-state index in [1.165, 1.54) is 0 Å². The molecule has 2 nitrogen and oxygen atoms in total. The molecule has 1 fully saturated rings. The summed E-state index contributed by atoms with van der Waals surface area (Å²) in [5, 5.41) is 0. The Hall–Kier alpha value is -0.710. The number of alkyl halides is 9. The van der Waals surface area contributed by atoms with E-state index < -0.39 is 36.8 Å². The normalized spacial score (nSPS) is 19.7. The molecule has 1 unspecified atom stereocenters. The van der Waals surface area contributed by atoms with E-state index in [2.05, 4.69) is 0 Å². The lowest BCUT2D eigenvalue weighted by Crippen LogP contribution is -2.60. The fraction of sp³-hybridized carbons (Fsp3) is 1.00. The standard InChI is InChI=1S/C16H23F9O2/c17-13(18,14(19,20)15(21,22)16(23,24)25)8-4-2-1-3-5-9-26-11-12-7-6-10-27-12/h12H,1-11H2. The third kappa shape index (κ3) is 6.40. The minimum atomic E-state index is -6.80. The maximum Gasteiger partial charge on any atom is 0.460 e. The summed E-state index contributed by atoms with van der Waals surface area (Å²) in [6.07, 6.45) is -5.65. The molecule has 27 heavy (non-hydrogen) atoms. The summed E-state index contributed by atoms with van der Waals surface area (Å²) >= 11 is 0. The van der Waals surface area contributed by atoms with Gasteiger partial charge in [-0.15, -0.1) is 0 Å². The Morgan fingerprint density at radius 2 is 1.37 bits per heavy atom. The zero-order chi connectivity index (χ0) is 20.8. The van der Waals surface area contributed by atoms with E-state index in [4.69, 9.17) is 9.47 Å². The van der Waals surface area contributed by atoms with Crippen LogP contribution in [-0.2, 0) is 9.47 Å². The highest BCUT2D eigenvalue weighted by Gasteiger charge is 2.81. The predicted molar refractivity (Wildman–Crippen MR) is 78.4 cm³/mol. The van der Waals surface area contributed by atoms with Crippen LogP contribution < -0.4 is 0 Å². The third-order valence-electron chi connectivity index (χ3n) is 4.32. The van der Waals surface area contributed by atoms with E-state index in [0.717, 1.165) is 12.8 Å². The van der Waals surface area contributed by atoms with Gasteiger partial charge < -0.3 is 9.47 Å². The SMILES string of the molecule is FC(F)(F)C(F)(F)C(F)(F)C(F)(F)CCCCCCCOCC1CCCO1. The van der Waals surface area contributed by atoms with Crippen molar-refractivity contribution in [1.29, 1.82) is 0 Å². The Kier molecular flexibility index (Phi) is 8.71. The molecule has 0 bridgehead atoms. The minimum Gasteiger partial charge on any atom is -0.379 e. The molecule has 0 aromatic rings. The molecule has 0 aliphatic carbocycles. The number of halogens is 9. The second kappa shape index (κ2) is 9.67. The molecule has 162 valence electrons. The molecule has 0 aromatic heterocycles. The van der Waals surface area contributed by atoms with E-state index in [-0.39, 0.29) is 12.5 Å². The van der Waals surface area contributed by atoms with Crippen LogP contribution in [0.25, 0.3) is 0 Å². The summed E-state index contributed by atoms with van der Waals surface area (Å²) in [7, 11) is 0. The van der Waals surface area contributed by atoms with Gasteiger partial charge in [0.2, 0.25) is 0 Å². The first-order valence-electron chi connectivity index (χ1n) is 8.72. The van der Waals surface area contributed by atoms with E-state index in [1.54, 1.807) is 0 Å². The van der Waals surface area contributed by atoms with Gasteiger partial charge in [-0.3, -0.25) is 0 Å². The molecule has 1 aliphatic heterocycles. The average Bonchev–Trinajstić information content (AvgIpc) is 3.05. The van der Waals surface area contributed by atoms with Gasteiger partial charge in [0, 0.05) is 19.6 Å². The lowest BCUT2D eigenvalue weighted by atomic mass is 9.98. The van der Waals surface area contributed by atoms with Gasteiger partial charge in [0.05, 0.1) is 12.7 Å². The Bertz CT molecular complexity index is 432. The zero-order valence-electron chi connectivity index (χ0n) is 14.6. The number of unbranched alkanes of at least 4 members (excludes halogenated alkanes) is 4. The summed E-state index contributed by atoms with van der Waals surface area (Å²) in [5.41, 5.74) is 0. The first-order valence-corrected chi connectivity index (χ1v) is 8.72. The number of hydrogen-bond acceptors (Lipinski definition) is 2. The largest absolute Gasteiger partial charge is 0.460 e. The number of rotatable bonds is 12. The molecule has 1 saturated heterocycles. The molecule has 0 aromatic carbocycles. The highest BCUT2D eigenvalue weighted by Crippen LogP contribution is 2.54. The van der Waals surface area contributed by atoms with Crippen LogP contribution in [0.2, 0.25) is 0 Å². The van der Waals surface area contributed by atoms with Gasteiger partial charge in [-0.1, -0.05) is 19.3 Å². The van der Waals surface area contributed by atoms with E-state index in [0.29, 0.717) is 39.1 Å². The van der Waals surface area contributed by atoms with Crippen LogP contribution in [0.1, 0.15) is 51.4 Å². The van der Waals surface area contributed by atoms with Crippen molar-refractivity contribution in [3.05, 3.63) is 0 Å². The minimum absolute atomic E-state index is 0.00892. The van der Waals surface area contributed by atoms with Crippen molar-refractivity contribution in [3.63, 3.8) is 0 Å². The quantitative estimate of drug-likeness (QED) is 0.286. The van der Waals surface area contributed by atoms with E-state index in [1.807, 2.05) is 0 Å². The van der Waals surface area contributed by atoms with Gasteiger partial charge >= 0.3 is 23.9 Å². The van der Waals surface area contributed by atoms with Gasteiger partial charge in [-0.05, 0) is 25.7 Å². The van der Waals surface area contributed by atoms with Crippen molar-refractivity contribution >= 4 is 0 Å². The zero-order valence-corrected chi connectivity index (χ0v) is 14.6. The Morgan fingerprint density at radius 3 is 1.93 bits per heavy atom. The topological polar surface area (TPSA) is 18.5 Å². The summed E-state index contributed by atoms with van der Waals surface area (Å²) in [6, 6.07) is 0. The van der Waals surface area contributed by atoms with Gasteiger partial charge in [-0.2, -0.15) is 39.5 Å². The van der Waals surface area contributed by atoms with Crippen LogP contribution in [0, 0.1) is 0 Å². The van der Waals surface area contributed by atoms with Gasteiger partial charge in [-0.25, -0.2) is 0 Å². The molecule has 1 rings (SSSR count). The lowest BCUT2D eigenvalue weighted by Gasteiger charge is -2.33. The van der Waals surface area contributed by atoms with Gasteiger partial charge in [0.15, 0.2) is 0 Å². The second-order valence-corrected chi connectivity index (χ2v) is 6.58. The fourth-order valence-corrected chi connectivity index (χ4v) is 2.64. The molecular formula is C16H23F9O2. The summed E-state index contributed by atoms with van der Waals surface area (Å²) in [5.74, 6) is -18.8. The van der Waals surface area contributed by atoms with Gasteiger partial charge in [0.1, 0.15) is 0 Å². The Balaban J connectivity index is 2.21. The molecule has 1 atom stereocenters. The summed E-state index contributed by atoms with van der Waals surface area (Å²) < 4.78 is 125. The molecule has 11 heteroatoms. The van der Waals surface area contributed by atoms with Crippen LogP contribution >= 0.6 is 0 Å². The maximum atomic E-state index is 13.3. The van der Waals surface area contributed by atoms with E-state index in [9.17, 15) is 39.5 Å². The fourth-order valence-electron chi connectivity index (χ4n) is 2.64. The van der Waals surface area contributed by atoms with Crippen molar-refractivity contribution in [3.8, 4) is 0 Å². The van der Waals surface area contributed by atoms with Crippen molar-refractivity contribution in [2.75, 3.05) is 19.8 Å². The summed E-state index contributed by atoms with van der Waals surface area (Å²) in [6.45, 7) is 1.56. The molecule has 0 radical (unpaired) electrons. The van der Waals surface area contributed by atoms with Crippen molar-refractivity contribution in [2.24, 2.45) is 0 Å². The van der Waals surface area contributed by atoms with Crippen LogP contribution in [-0.4, -0.2) is 49.9 Å². The van der Waals surface area contributed by atoms with E-state index >= 15 is 0 Å². The smallest absolute Gasteiger partial charge is 0.379 e. The molecular weight excluding hydrogens is 395 g/mol. The first-order chi connectivity index (χ1) is 12.3. The van der Waals surface area contributed by atoms with Crippen molar-refractivity contribution in [2.45, 2.75) is 81.4 Å². The summed E-state index contributed by atoms with van der Waals surface area (Å²) in [4.78, 5) is 0. The van der Waals surface area contributed by atoms with Crippen LogP contribution in [0.15, 0.2) is 0 Å². The molecule has 0 amide bonds. The molecule has 1 heterocycles. The van der Waals surface area contributed by atoms with Crippen LogP contribution in [0.3, 0.4) is 0 Å².